The van der Waals surface area contributed by atoms with Crippen molar-refractivity contribution in [2.45, 2.75) is 13.1 Å². The highest BCUT2D eigenvalue weighted by atomic mass is 14.6. The minimum absolute atomic E-state index is 0.436. The lowest BCUT2D eigenvalue weighted by atomic mass is 10.00. The molecule has 0 aliphatic carbocycles. The lowest BCUT2D eigenvalue weighted by Crippen LogP contribution is -1.98. The third-order valence-corrected chi connectivity index (χ3v) is 2.57. The van der Waals surface area contributed by atoms with E-state index in [1.54, 1.807) is 0 Å². The third-order valence-electron chi connectivity index (χ3n) is 2.57. The number of hydrogen-bond acceptors (Lipinski definition) is 1. The van der Waals surface area contributed by atoms with Gasteiger partial charge in [0.25, 0.3) is 0 Å². The van der Waals surface area contributed by atoms with E-state index >= 15 is 0 Å². The summed E-state index contributed by atoms with van der Waals surface area (Å²) in [5.74, 6) is 0. The molecule has 0 amide bonds. The highest BCUT2D eigenvalue weighted by Gasteiger charge is 2.05. The van der Waals surface area contributed by atoms with Crippen LogP contribution in [0.2, 0.25) is 0 Å². The molecular weight excluding hydrogens is 184 g/mol. The fraction of sp³-hybridized carbons (Fsp3) is 0.154. The molecule has 2 N–H and O–H groups in total. The van der Waals surface area contributed by atoms with Crippen molar-refractivity contribution in [1.82, 2.24) is 0 Å². The summed E-state index contributed by atoms with van der Waals surface area (Å²) in [6.45, 7) is 7.89. The molecule has 2 rings (SSSR count). The molecule has 0 atom stereocenters. The number of hydrogen-bond donors (Lipinski definition) is 1. The van der Waals surface area contributed by atoms with Gasteiger partial charge in [-0.25, -0.2) is 6.57 Å². The molecule has 74 valence electrons. The van der Waals surface area contributed by atoms with Crippen LogP contribution in [-0.4, -0.2) is 0 Å². The summed E-state index contributed by atoms with van der Waals surface area (Å²) in [4.78, 5) is 3.43. The average molecular weight is 196 g/mol. The van der Waals surface area contributed by atoms with Crippen LogP contribution in [0.4, 0.5) is 0 Å². The third kappa shape index (κ3) is 1.70. The van der Waals surface area contributed by atoms with Gasteiger partial charge >= 0.3 is 0 Å². The summed E-state index contributed by atoms with van der Waals surface area (Å²) in [6.07, 6.45) is 0. The molecule has 15 heavy (non-hydrogen) atoms. The van der Waals surface area contributed by atoms with Crippen molar-refractivity contribution in [3.8, 4) is 0 Å². The van der Waals surface area contributed by atoms with Crippen LogP contribution in [0.5, 0.6) is 0 Å². The Bertz CT molecular complexity index is 524. The van der Waals surface area contributed by atoms with Crippen molar-refractivity contribution < 1.29 is 0 Å². The zero-order valence-electron chi connectivity index (χ0n) is 8.40. The first-order chi connectivity index (χ1) is 7.36. The Labute approximate surface area is 89.2 Å². The van der Waals surface area contributed by atoms with Crippen molar-refractivity contribution in [2.24, 2.45) is 5.73 Å². The first kappa shape index (κ1) is 9.70. The second kappa shape index (κ2) is 4.12. The average Bonchev–Trinajstić information content (AvgIpc) is 2.30. The Morgan fingerprint density at radius 1 is 1.00 bits per heavy atom. The summed E-state index contributed by atoms with van der Waals surface area (Å²) >= 11 is 0. The molecule has 0 unspecified atom stereocenters. The molecule has 0 bridgehead atoms. The topological polar surface area (TPSA) is 30.4 Å². The molecular formula is C13H12N2. The van der Waals surface area contributed by atoms with Crippen LogP contribution in [0.15, 0.2) is 36.4 Å². The predicted octanol–water partition coefficient (Wildman–Crippen LogP) is 2.72. The van der Waals surface area contributed by atoms with Crippen LogP contribution < -0.4 is 5.73 Å². The van der Waals surface area contributed by atoms with Crippen molar-refractivity contribution in [2.75, 3.05) is 0 Å². The summed E-state index contributed by atoms with van der Waals surface area (Å²) in [5.41, 5.74) is 7.90. The van der Waals surface area contributed by atoms with Crippen molar-refractivity contribution in [1.29, 1.82) is 0 Å². The molecule has 0 spiro atoms. The van der Waals surface area contributed by atoms with Crippen molar-refractivity contribution in [3.63, 3.8) is 0 Å². The molecule has 2 heteroatoms. The number of benzene rings is 2. The molecule has 2 aromatic rings. The Balaban J connectivity index is 2.72. The molecule has 2 aromatic carbocycles. The smallest absolute Gasteiger partial charge is 0.240 e. The van der Waals surface area contributed by atoms with Gasteiger partial charge in [-0.1, -0.05) is 36.4 Å². The van der Waals surface area contributed by atoms with E-state index in [-0.39, 0.29) is 0 Å². The predicted molar refractivity (Wildman–Crippen MR) is 62.1 cm³/mol. The van der Waals surface area contributed by atoms with E-state index in [0.29, 0.717) is 13.1 Å². The molecule has 0 aliphatic heterocycles. The minimum atomic E-state index is 0.436. The quantitative estimate of drug-likeness (QED) is 0.735. The molecule has 0 aliphatic rings. The van der Waals surface area contributed by atoms with E-state index in [1.165, 1.54) is 5.39 Å². The number of nitrogens with zero attached hydrogens (tertiary/aromatic N) is 1. The highest BCUT2D eigenvalue weighted by molar-refractivity contribution is 5.88. The van der Waals surface area contributed by atoms with E-state index in [2.05, 4.69) is 17.0 Å². The van der Waals surface area contributed by atoms with Gasteiger partial charge in [-0.2, -0.15) is 0 Å². The maximum absolute atomic E-state index is 6.91. The molecule has 2 nitrogen and oxygen atoms in total. The molecule has 0 fully saturated rings. The SMILES string of the molecule is [C-]#[N+]Cc1ccc(CN)c2ccccc12. The highest BCUT2D eigenvalue weighted by Crippen LogP contribution is 2.23. The first-order valence-corrected chi connectivity index (χ1v) is 4.89. The molecule has 0 saturated carbocycles. The standard InChI is InChI=1S/C13H12N2/c1-15-9-11-7-6-10(8-14)12-4-2-3-5-13(11)12/h2-7H,8-9,14H2. The maximum atomic E-state index is 6.91. The van der Waals surface area contributed by atoms with E-state index in [9.17, 15) is 0 Å². The summed E-state index contributed by atoms with van der Waals surface area (Å²) in [7, 11) is 0. The second-order valence-electron chi connectivity index (χ2n) is 3.45. The second-order valence-corrected chi connectivity index (χ2v) is 3.45. The van der Waals surface area contributed by atoms with Crippen molar-refractivity contribution in [3.05, 3.63) is 58.9 Å². The van der Waals surface area contributed by atoms with Crippen LogP contribution in [0.1, 0.15) is 11.1 Å². The Kier molecular flexibility index (Phi) is 2.66. The van der Waals surface area contributed by atoms with Gasteiger partial charge in [0.1, 0.15) is 0 Å². The Morgan fingerprint density at radius 2 is 1.60 bits per heavy atom. The zero-order chi connectivity index (χ0) is 10.7. The normalized spacial score (nSPS) is 10.1. The van der Waals surface area contributed by atoms with Crippen LogP contribution in [0, 0.1) is 6.57 Å². The van der Waals surface area contributed by atoms with Gasteiger partial charge in [0, 0.05) is 12.1 Å². The van der Waals surface area contributed by atoms with Crippen molar-refractivity contribution >= 4 is 10.8 Å². The molecule has 0 heterocycles. The van der Waals surface area contributed by atoms with Crippen LogP contribution in [0.25, 0.3) is 15.6 Å². The summed E-state index contributed by atoms with van der Waals surface area (Å²) < 4.78 is 0. The van der Waals surface area contributed by atoms with Crippen LogP contribution in [0.3, 0.4) is 0 Å². The number of fused-ring (bicyclic) bond motifs is 1. The van der Waals surface area contributed by atoms with Gasteiger partial charge in [-0.3, -0.25) is 0 Å². The molecule has 0 aromatic heterocycles. The van der Waals surface area contributed by atoms with Gasteiger partial charge in [0.05, 0.1) is 0 Å². The van der Waals surface area contributed by atoms with Gasteiger partial charge in [0.15, 0.2) is 0 Å². The van der Waals surface area contributed by atoms with E-state index in [0.717, 1.165) is 16.5 Å². The Morgan fingerprint density at radius 3 is 2.20 bits per heavy atom. The summed E-state index contributed by atoms with van der Waals surface area (Å²) in [6, 6.07) is 12.1. The van der Waals surface area contributed by atoms with Gasteiger partial charge < -0.3 is 10.6 Å². The summed E-state index contributed by atoms with van der Waals surface area (Å²) in [5, 5.41) is 2.32. The number of nitrogens with two attached hydrogens (primary N) is 1. The lowest BCUT2D eigenvalue weighted by Gasteiger charge is -2.06. The van der Waals surface area contributed by atoms with Gasteiger partial charge in [-0.15, -0.1) is 0 Å². The van der Waals surface area contributed by atoms with E-state index in [4.69, 9.17) is 12.3 Å². The van der Waals surface area contributed by atoms with Gasteiger partial charge in [0.2, 0.25) is 6.54 Å². The monoisotopic (exact) mass is 196 g/mol. The number of rotatable bonds is 2. The van der Waals surface area contributed by atoms with Crippen LogP contribution >= 0.6 is 0 Å². The van der Waals surface area contributed by atoms with Gasteiger partial charge in [-0.05, 0) is 16.3 Å². The Hall–Kier alpha value is -1.85. The molecule has 0 saturated heterocycles. The van der Waals surface area contributed by atoms with E-state index in [1.807, 2.05) is 24.3 Å². The van der Waals surface area contributed by atoms with Crippen LogP contribution in [-0.2, 0) is 13.1 Å². The molecule has 0 radical (unpaired) electrons. The fourth-order valence-corrected chi connectivity index (χ4v) is 1.82. The first-order valence-electron chi connectivity index (χ1n) is 4.89. The lowest BCUT2D eigenvalue weighted by molar-refractivity contribution is 1.08. The largest absolute Gasteiger partial charge is 0.326 e. The minimum Gasteiger partial charge on any atom is -0.326 e. The zero-order valence-corrected chi connectivity index (χ0v) is 8.40. The van der Waals surface area contributed by atoms with E-state index < -0.39 is 0 Å². The fourth-order valence-electron chi connectivity index (χ4n) is 1.82. The maximum Gasteiger partial charge on any atom is 0.240 e.